The maximum atomic E-state index is 12.7. The molecule has 4 rings (SSSR count). The Morgan fingerprint density at radius 1 is 1.21 bits per heavy atom. The molecule has 0 spiro atoms. The highest BCUT2D eigenvalue weighted by Crippen LogP contribution is 2.28. The van der Waals surface area contributed by atoms with E-state index < -0.39 is 6.10 Å². The highest BCUT2D eigenvalue weighted by Gasteiger charge is 2.29. The van der Waals surface area contributed by atoms with E-state index in [-0.39, 0.29) is 5.91 Å². The molecule has 1 saturated heterocycles. The summed E-state index contributed by atoms with van der Waals surface area (Å²) < 4.78 is 5.78. The second-order valence-electron chi connectivity index (χ2n) is 7.46. The van der Waals surface area contributed by atoms with Crippen molar-refractivity contribution in [3.8, 4) is 5.75 Å². The summed E-state index contributed by atoms with van der Waals surface area (Å²) >= 11 is 5.89. The smallest absolute Gasteiger partial charge is 0.263 e. The number of halogens is 1. The number of rotatable bonds is 4. The molecule has 6 heteroatoms. The first kappa shape index (κ1) is 18.8. The van der Waals surface area contributed by atoms with Crippen LogP contribution in [-0.4, -0.2) is 40.0 Å². The summed E-state index contributed by atoms with van der Waals surface area (Å²) in [6.45, 7) is 5.31. The van der Waals surface area contributed by atoms with E-state index in [4.69, 9.17) is 21.3 Å². The molecule has 1 amide bonds. The van der Waals surface area contributed by atoms with E-state index in [1.165, 1.54) is 5.56 Å². The van der Waals surface area contributed by atoms with E-state index in [0.29, 0.717) is 29.8 Å². The van der Waals surface area contributed by atoms with Gasteiger partial charge in [-0.25, -0.2) is 4.98 Å². The Hall–Kier alpha value is -2.53. The predicted molar refractivity (Wildman–Crippen MR) is 111 cm³/mol. The lowest BCUT2D eigenvalue weighted by Crippen LogP contribution is -2.44. The third-order valence-electron chi connectivity index (χ3n) is 5.32. The van der Waals surface area contributed by atoms with Gasteiger partial charge in [0.15, 0.2) is 6.10 Å². The molecule has 1 N–H and O–H groups in total. The fraction of sp³-hybridized carbons (Fsp3) is 0.364. The zero-order valence-electron chi connectivity index (χ0n) is 16.1. The lowest BCUT2D eigenvalue weighted by Gasteiger charge is -2.32. The molecule has 1 aromatic heterocycles. The number of H-pyrrole nitrogens is 1. The molecular weight excluding hydrogens is 374 g/mol. The minimum atomic E-state index is -0.521. The van der Waals surface area contributed by atoms with Crippen LogP contribution < -0.4 is 4.74 Å². The minimum absolute atomic E-state index is 0.0219. The van der Waals surface area contributed by atoms with Gasteiger partial charge in [-0.3, -0.25) is 4.79 Å². The molecule has 1 unspecified atom stereocenters. The highest BCUT2D eigenvalue weighted by molar-refractivity contribution is 6.30. The number of hydrogen-bond donors (Lipinski definition) is 1. The number of nitrogens with one attached hydrogen (secondary N) is 1. The first-order valence-electron chi connectivity index (χ1n) is 9.67. The fourth-order valence-electron chi connectivity index (χ4n) is 3.73. The number of carbonyl (C=O) groups is 1. The molecule has 1 fully saturated rings. The van der Waals surface area contributed by atoms with Crippen molar-refractivity contribution in [1.82, 2.24) is 14.9 Å². The number of imidazole rings is 1. The van der Waals surface area contributed by atoms with Gasteiger partial charge in [-0.1, -0.05) is 17.7 Å². The number of hydrogen-bond acceptors (Lipinski definition) is 3. The lowest BCUT2D eigenvalue weighted by atomic mass is 9.96. The van der Waals surface area contributed by atoms with Crippen molar-refractivity contribution < 1.29 is 9.53 Å². The molecule has 0 radical (unpaired) electrons. The predicted octanol–water partition coefficient (Wildman–Crippen LogP) is 4.70. The molecule has 0 aliphatic carbocycles. The van der Waals surface area contributed by atoms with Crippen LogP contribution in [-0.2, 0) is 4.79 Å². The molecule has 0 saturated carbocycles. The number of fused-ring (bicyclic) bond motifs is 1. The summed E-state index contributed by atoms with van der Waals surface area (Å²) in [5.74, 6) is 2.05. The van der Waals surface area contributed by atoms with Gasteiger partial charge in [0.2, 0.25) is 0 Å². The summed E-state index contributed by atoms with van der Waals surface area (Å²) in [6.07, 6.45) is 1.28. The minimum Gasteiger partial charge on any atom is -0.481 e. The Kier molecular flexibility index (Phi) is 5.27. The van der Waals surface area contributed by atoms with Crippen molar-refractivity contribution in [2.24, 2.45) is 0 Å². The molecule has 1 aliphatic heterocycles. The molecule has 3 aromatic rings. The Morgan fingerprint density at radius 3 is 2.64 bits per heavy atom. The van der Waals surface area contributed by atoms with Crippen LogP contribution in [0.25, 0.3) is 11.0 Å². The lowest BCUT2D eigenvalue weighted by molar-refractivity contribution is -0.139. The van der Waals surface area contributed by atoms with Crippen LogP contribution in [0, 0.1) is 6.92 Å². The Balaban J connectivity index is 1.36. The Morgan fingerprint density at radius 2 is 1.93 bits per heavy atom. The number of benzene rings is 2. The highest BCUT2D eigenvalue weighted by atomic mass is 35.5. The molecule has 1 atom stereocenters. The zero-order chi connectivity index (χ0) is 19.7. The maximum Gasteiger partial charge on any atom is 0.263 e. The van der Waals surface area contributed by atoms with Gasteiger partial charge >= 0.3 is 0 Å². The van der Waals surface area contributed by atoms with Gasteiger partial charge in [0.25, 0.3) is 5.91 Å². The van der Waals surface area contributed by atoms with Gasteiger partial charge in [-0.2, -0.15) is 0 Å². The van der Waals surface area contributed by atoms with Crippen LogP contribution in [0.3, 0.4) is 0 Å². The number of nitrogens with zero attached hydrogens (tertiary/aromatic N) is 2. The van der Waals surface area contributed by atoms with E-state index in [1.54, 1.807) is 31.2 Å². The zero-order valence-corrected chi connectivity index (χ0v) is 16.9. The van der Waals surface area contributed by atoms with Crippen LogP contribution in [0.15, 0.2) is 42.5 Å². The number of aryl methyl sites for hydroxylation is 1. The molecule has 0 bridgehead atoms. The van der Waals surface area contributed by atoms with E-state index in [0.717, 1.165) is 29.7 Å². The van der Waals surface area contributed by atoms with Gasteiger partial charge in [-0.05, 0) is 68.7 Å². The van der Waals surface area contributed by atoms with Crippen molar-refractivity contribution in [2.45, 2.75) is 38.7 Å². The van der Waals surface area contributed by atoms with Gasteiger partial charge in [0.1, 0.15) is 11.6 Å². The first-order chi connectivity index (χ1) is 13.5. The number of ether oxygens (including phenoxy) is 1. The van der Waals surface area contributed by atoms with E-state index in [1.807, 2.05) is 4.90 Å². The molecule has 28 heavy (non-hydrogen) atoms. The van der Waals surface area contributed by atoms with E-state index in [9.17, 15) is 4.79 Å². The van der Waals surface area contributed by atoms with Gasteiger partial charge < -0.3 is 14.6 Å². The Labute approximate surface area is 169 Å². The summed E-state index contributed by atoms with van der Waals surface area (Å²) in [4.78, 5) is 22.8. The SMILES string of the molecule is Cc1ccc2nc(C3CCN(C(=O)C(C)Oc4ccc(Cl)cc4)CC3)[nH]c2c1. The number of likely N-dealkylation sites (tertiary alicyclic amines) is 1. The third-order valence-corrected chi connectivity index (χ3v) is 5.58. The topological polar surface area (TPSA) is 58.2 Å². The monoisotopic (exact) mass is 397 g/mol. The van der Waals surface area contributed by atoms with Crippen LogP contribution in [0.4, 0.5) is 0 Å². The summed E-state index contributed by atoms with van der Waals surface area (Å²) in [7, 11) is 0. The van der Waals surface area contributed by atoms with Crippen molar-refractivity contribution in [2.75, 3.05) is 13.1 Å². The van der Waals surface area contributed by atoms with Gasteiger partial charge in [0, 0.05) is 24.0 Å². The molecule has 2 aromatic carbocycles. The van der Waals surface area contributed by atoms with Crippen molar-refractivity contribution in [3.05, 3.63) is 58.9 Å². The average Bonchev–Trinajstić information content (AvgIpc) is 3.12. The molecule has 146 valence electrons. The number of piperidine rings is 1. The summed E-state index contributed by atoms with van der Waals surface area (Å²) in [5.41, 5.74) is 3.31. The van der Waals surface area contributed by atoms with Crippen molar-refractivity contribution in [3.63, 3.8) is 0 Å². The quantitative estimate of drug-likeness (QED) is 0.694. The number of aromatic amines is 1. The van der Waals surface area contributed by atoms with Gasteiger partial charge in [-0.15, -0.1) is 0 Å². The first-order valence-corrected chi connectivity index (χ1v) is 10.0. The van der Waals surface area contributed by atoms with Crippen LogP contribution in [0.2, 0.25) is 5.02 Å². The fourth-order valence-corrected chi connectivity index (χ4v) is 3.86. The number of aromatic nitrogens is 2. The standard InChI is InChI=1S/C22H24ClN3O2/c1-14-3-8-19-20(13-14)25-21(24-19)16-9-11-26(12-10-16)22(27)15(2)28-18-6-4-17(23)5-7-18/h3-8,13,15-16H,9-12H2,1-2H3,(H,24,25). The van der Waals surface area contributed by atoms with Crippen LogP contribution >= 0.6 is 11.6 Å². The average molecular weight is 398 g/mol. The van der Waals surface area contributed by atoms with Crippen molar-refractivity contribution in [1.29, 1.82) is 0 Å². The molecule has 2 heterocycles. The second-order valence-corrected chi connectivity index (χ2v) is 7.89. The van der Waals surface area contributed by atoms with Gasteiger partial charge in [0.05, 0.1) is 11.0 Å². The third kappa shape index (κ3) is 3.99. The Bertz CT molecular complexity index is 975. The number of amides is 1. The second kappa shape index (κ2) is 7.84. The molecule has 1 aliphatic rings. The van der Waals surface area contributed by atoms with Crippen LogP contribution in [0.5, 0.6) is 5.75 Å². The molecule has 5 nitrogen and oxygen atoms in total. The van der Waals surface area contributed by atoms with Crippen LogP contribution in [0.1, 0.15) is 37.1 Å². The summed E-state index contributed by atoms with van der Waals surface area (Å²) in [6, 6.07) is 13.3. The normalized spacial score (nSPS) is 16.3. The summed E-state index contributed by atoms with van der Waals surface area (Å²) in [5, 5.41) is 0.647. The maximum absolute atomic E-state index is 12.7. The molecular formula is C22H24ClN3O2. The van der Waals surface area contributed by atoms with E-state index >= 15 is 0 Å². The largest absolute Gasteiger partial charge is 0.481 e. The number of carbonyl (C=O) groups excluding carboxylic acids is 1. The van der Waals surface area contributed by atoms with Crippen molar-refractivity contribution >= 4 is 28.5 Å². The van der Waals surface area contributed by atoms with E-state index in [2.05, 4.69) is 30.1 Å².